The summed E-state index contributed by atoms with van der Waals surface area (Å²) < 4.78 is 2.07. The lowest BCUT2D eigenvalue weighted by Crippen LogP contribution is -2.00. The van der Waals surface area contributed by atoms with Crippen molar-refractivity contribution in [3.63, 3.8) is 0 Å². The van der Waals surface area contributed by atoms with Gasteiger partial charge >= 0.3 is 5.97 Å². The zero-order chi connectivity index (χ0) is 14.4. The average Bonchev–Trinajstić information content (AvgIpc) is 2.91. The quantitative estimate of drug-likeness (QED) is 0.751. The van der Waals surface area contributed by atoms with Crippen LogP contribution in [0.25, 0.3) is 22.0 Å². The molecule has 5 nitrogen and oxygen atoms in total. The summed E-state index contributed by atoms with van der Waals surface area (Å²) in [5.41, 5.74) is 4.55. The molecule has 1 aromatic carbocycles. The fourth-order valence-electron chi connectivity index (χ4n) is 2.73. The van der Waals surface area contributed by atoms with E-state index in [0.717, 1.165) is 27.9 Å². The van der Waals surface area contributed by atoms with Gasteiger partial charge < -0.3 is 9.67 Å². The molecule has 2 heterocycles. The molecule has 0 saturated heterocycles. The van der Waals surface area contributed by atoms with E-state index in [2.05, 4.69) is 14.8 Å². The summed E-state index contributed by atoms with van der Waals surface area (Å²) in [6.45, 7) is 3.84. The average molecular weight is 269 g/mol. The van der Waals surface area contributed by atoms with Crippen molar-refractivity contribution in [2.45, 2.75) is 13.8 Å². The van der Waals surface area contributed by atoms with Gasteiger partial charge in [-0.2, -0.15) is 5.10 Å². The van der Waals surface area contributed by atoms with Gasteiger partial charge in [-0.05, 0) is 19.9 Å². The highest BCUT2D eigenvalue weighted by molar-refractivity contribution is 6.04. The summed E-state index contributed by atoms with van der Waals surface area (Å²) in [6.07, 6.45) is 0. The summed E-state index contributed by atoms with van der Waals surface area (Å²) in [5.74, 6) is -1.02. The Kier molecular flexibility index (Phi) is 2.64. The topological polar surface area (TPSA) is 70.9 Å². The zero-order valence-corrected chi connectivity index (χ0v) is 11.6. The van der Waals surface area contributed by atoms with Gasteiger partial charge in [0.1, 0.15) is 0 Å². The summed E-state index contributed by atoms with van der Waals surface area (Å²) >= 11 is 0. The van der Waals surface area contributed by atoms with E-state index in [1.807, 2.05) is 45.2 Å². The number of para-hydroxylation sites is 1. The van der Waals surface area contributed by atoms with Gasteiger partial charge in [-0.1, -0.05) is 18.2 Å². The molecule has 5 heteroatoms. The maximum absolute atomic E-state index is 11.4. The Morgan fingerprint density at radius 1 is 1.25 bits per heavy atom. The summed E-state index contributed by atoms with van der Waals surface area (Å²) in [5, 5.41) is 17.1. The number of hydrogen-bond acceptors (Lipinski definition) is 2. The third-order valence-corrected chi connectivity index (χ3v) is 3.80. The number of H-pyrrole nitrogens is 1. The number of fused-ring (bicyclic) bond motifs is 1. The van der Waals surface area contributed by atoms with E-state index in [9.17, 15) is 9.90 Å². The third-order valence-electron chi connectivity index (χ3n) is 3.80. The summed E-state index contributed by atoms with van der Waals surface area (Å²) in [4.78, 5) is 11.4. The van der Waals surface area contributed by atoms with Crippen molar-refractivity contribution in [3.05, 3.63) is 41.3 Å². The number of nitrogens with zero attached hydrogens (tertiary/aromatic N) is 2. The number of benzene rings is 1. The molecular weight excluding hydrogens is 254 g/mol. The summed E-state index contributed by atoms with van der Waals surface area (Å²) in [6, 6.07) is 7.98. The van der Waals surface area contributed by atoms with E-state index in [-0.39, 0.29) is 5.69 Å². The fraction of sp³-hybridized carbons (Fsp3) is 0.200. The smallest absolute Gasteiger partial charge is 0.357 e. The Labute approximate surface area is 115 Å². The van der Waals surface area contributed by atoms with Crippen LogP contribution < -0.4 is 0 Å². The molecule has 2 aromatic heterocycles. The highest BCUT2D eigenvalue weighted by Gasteiger charge is 2.23. The minimum atomic E-state index is -1.02. The SMILES string of the molecule is Cc1[nH]nc(C(=O)O)c1-c1c(C)n(C)c2ccccc12. The molecule has 0 atom stereocenters. The lowest BCUT2D eigenvalue weighted by Gasteiger charge is -2.03. The van der Waals surface area contributed by atoms with Crippen LogP contribution in [0.1, 0.15) is 21.9 Å². The van der Waals surface area contributed by atoms with E-state index in [1.165, 1.54) is 0 Å². The normalized spacial score (nSPS) is 11.2. The molecule has 0 unspecified atom stereocenters. The first-order valence-electron chi connectivity index (χ1n) is 6.35. The minimum Gasteiger partial charge on any atom is -0.476 e. The van der Waals surface area contributed by atoms with E-state index in [0.29, 0.717) is 5.56 Å². The number of carboxylic acid groups (broad SMARTS) is 1. The Bertz CT molecular complexity index is 827. The van der Waals surface area contributed by atoms with Gasteiger partial charge in [-0.15, -0.1) is 0 Å². The largest absolute Gasteiger partial charge is 0.476 e. The predicted molar refractivity (Wildman–Crippen MR) is 76.9 cm³/mol. The molecule has 0 bridgehead atoms. The van der Waals surface area contributed by atoms with Gasteiger partial charge in [-0.25, -0.2) is 4.79 Å². The molecule has 20 heavy (non-hydrogen) atoms. The molecule has 3 rings (SSSR count). The van der Waals surface area contributed by atoms with Crippen molar-refractivity contribution in [2.24, 2.45) is 7.05 Å². The first-order chi connectivity index (χ1) is 9.52. The molecule has 0 aliphatic rings. The first kappa shape index (κ1) is 12.5. The van der Waals surface area contributed by atoms with Crippen molar-refractivity contribution in [3.8, 4) is 11.1 Å². The molecule has 0 spiro atoms. The number of carbonyl (C=O) groups is 1. The molecule has 0 aliphatic heterocycles. The Morgan fingerprint density at radius 2 is 1.95 bits per heavy atom. The van der Waals surface area contributed by atoms with Crippen molar-refractivity contribution in [1.29, 1.82) is 0 Å². The van der Waals surface area contributed by atoms with Gasteiger partial charge in [0.25, 0.3) is 0 Å². The van der Waals surface area contributed by atoms with Gasteiger partial charge in [0, 0.05) is 40.5 Å². The molecule has 3 aromatic rings. The van der Waals surface area contributed by atoms with Gasteiger partial charge in [-0.3, -0.25) is 5.10 Å². The number of rotatable bonds is 2. The molecule has 0 fully saturated rings. The van der Waals surface area contributed by atoms with E-state index >= 15 is 0 Å². The van der Waals surface area contributed by atoms with Gasteiger partial charge in [0.05, 0.1) is 0 Å². The molecule has 0 aliphatic carbocycles. The molecule has 0 amide bonds. The number of aryl methyl sites for hydroxylation is 2. The van der Waals surface area contributed by atoms with Crippen LogP contribution in [0, 0.1) is 13.8 Å². The molecule has 102 valence electrons. The second kappa shape index (κ2) is 4.23. The number of aromatic carboxylic acids is 1. The van der Waals surface area contributed by atoms with Gasteiger partial charge in [0.2, 0.25) is 0 Å². The third kappa shape index (κ3) is 1.56. The second-order valence-corrected chi connectivity index (χ2v) is 4.91. The van der Waals surface area contributed by atoms with Crippen LogP contribution in [0.15, 0.2) is 24.3 Å². The first-order valence-corrected chi connectivity index (χ1v) is 6.35. The van der Waals surface area contributed by atoms with Crippen LogP contribution in [0.3, 0.4) is 0 Å². The Hall–Kier alpha value is -2.56. The molecule has 0 radical (unpaired) electrons. The van der Waals surface area contributed by atoms with E-state index in [4.69, 9.17) is 0 Å². The lowest BCUT2D eigenvalue weighted by atomic mass is 10.00. The Morgan fingerprint density at radius 3 is 2.65 bits per heavy atom. The fourth-order valence-corrected chi connectivity index (χ4v) is 2.73. The summed E-state index contributed by atoms with van der Waals surface area (Å²) in [7, 11) is 1.98. The molecule has 0 saturated carbocycles. The zero-order valence-electron chi connectivity index (χ0n) is 11.6. The number of hydrogen-bond donors (Lipinski definition) is 2. The van der Waals surface area contributed by atoms with Crippen LogP contribution in [-0.4, -0.2) is 25.8 Å². The lowest BCUT2D eigenvalue weighted by molar-refractivity contribution is 0.0691. The maximum Gasteiger partial charge on any atom is 0.357 e. The number of aromatic nitrogens is 3. The van der Waals surface area contributed by atoms with Crippen LogP contribution >= 0.6 is 0 Å². The van der Waals surface area contributed by atoms with Crippen molar-refractivity contribution in [2.75, 3.05) is 0 Å². The highest BCUT2D eigenvalue weighted by Crippen LogP contribution is 2.36. The minimum absolute atomic E-state index is 0.0713. The molecular formula is C15H15N3O2. The van der Waals surface area contributed by atoms with Crippen LogP contribution in [0.5, 0.6) is 0 Å². The van der Waals surface area contributed by atoms with E-state index in [1.54, 1.807) is 0 Å². The number of carboxylic acids is 1. The number of nitrogens with one attached hydrogen (secondary N) is 1. The number of aromatic amines is 1. The van der Waals surface area contributed by atoms with Gasteiger partial charge in [0.15, 0.2) is 5.69 Å². The predicted octanol–water partition coefficient (Wildman–Crippen LogP) is 2.88. The standard InChI is InChI=1S/C15H15N3O2/c1-8-12(14(15(19)20)17-16-8)13-9(2)18(3)11-7-5-4-6-10(11)13/h4-7H,1-3H3,(H,16,17)(H,19,20). The van der Waals surface area contributed by atoms with E-state index < -0.39 is 5.97 Å². The van der Waals surface area contributed by atoms with Crippen LogP contribution in [0.4, 0.5) is 0 Å². The van der Waals surface area contributed by atoms with Crippen LogP contribution in [0.2, 0.25) is 0 Å². The monoisotopic (exact) mass is 269 g/mol. The van der Waals surface area contributed by atoms with Crippen molar-refractivity contribution >= 4 is 16.9 Å². The van der Waals surface area contributed by atoms with Crippen molar-refractivity contribution < 1.29 is 9.90 Å². The maximum atomic E-state index is 11.4. The van der Waals surface area contributed by atoms with Crippen molar-refractivity contribution in [1.82, 2.24) is 14.8 Å². The highest BCUT2D eigenvalue weighted by atomic mass is 16.4. The second-order valence-electron chi connectivity index (χ2n) is 4.91. The van der Waals surface area contributed by atoms with Crippen LogP contribution in [-0.2, 0) is 7.05 Å². The molecule has 2 N–H and O–H groups in total. The Balaban J connectivity index is 2.45.